The molecule has 1 amide bonds. The molecule has 0 aliphatic carbocycles. The van der Waals surface area contributed by atoms with E-state index in [0.29, 0.717) is 17.1 Å². The Morgan fingerprint density at radius 1 is 0.971 bits per heavy atom. The van der Waals surface area contributed by atoms with Gasteiger partial charge in [0.2, 0.25) is 0 Å². The molecule has 3 aromatic carbocycles. The number of carbonyl (C=O) groups is 2. The van der Waals surface area contributed by atoms with Crippen LogP contribution in [0.4, 0.5) is 5.69 Å². The molecule has 0 bridgehead atoms. The normalized spacial score (nSPS) is 11.5. The number of pyridine rings is 1. The number of carboxylic acids is 1. The highest BCUT2D eigenvalue weighted by Gasteiger charge is 2.22. The highest BCUT2D eigenvalue weighted by molar-refractivity contribution is 5.98. The van der Waals surface area contributed by atoms with Gasteiger partial charge in [0, 0.05) is 30.1 Å². The predicted molar refractivity (Wildman–Crippen MR) is 124 cm³/mol. The van der Waals surface area contributed by atoms with Gasteiger partial charge in [-0.05, 0) is 41.3 Å². The second-order valence-corrected chi connectivity index (χ2v) is 7.48. The van der Waals surface area contributed by atoms with E-state index in [-0.39, 0.29) is 17.8 Å². The Morgan fingerprint density at radius 3 is 2.21 bits per heavy atom. The molecule has 0 radical (unpaired) electrons. The number of aromatic nitrogens is 1. The number of aliphatic carboxylic acids is 1. The van der Waals surface area contributed by atoms with Crippen LogP contribution in [0.15, 0.2) is 85.1 Å². The molecule has 170 valence electrons. The van der Waals surface area contributed by atoms with Gasteiger partial charge in [-0.2, -0.15) is 0 Å². The Labute approximate surface area is 193 Å². The molecule has 4 aromatic rings. The molecule has 1 aromatic heterocycles. The number of rotatable bonds is 8. The van der Waals surface area contributed by atoms with E-state index in [1.54, 1.807) is 36.5 Å². The first kappa shape index (κ1) is 22.4. The Kier molecular flexibility index (Phi) is 6.45. The van der Waals surface area contributed by atoms with Crippen LogP contribution in [0.25, 0.3) is 10.8 Å². The maximum Gasteiger partial charge on any atom is 0.326 e. The number of carbonyl (C=O) groups excluding carboxylic acids is 1. The van der Waals surface area contributed by atoms with Crippen molar-refractivity contribution in [1.82, 2.24) is 10.3 Å². The van der Waals surface area contributed by atoms with Crippen molar-refractivity contribution in [2.45, 2.75) is 12.5 Å². The molecular formula is C25H19N3O6. The quantitative estimate of drug-likeness (QED) is 0.297. The summed E-state index contributed by atoms with van der Waals surface area (Å²) < 4.78 is 5.66. The molecular weight excluding hydrogens is 438 g/mol. The monoisotopic (exact) mass is 457 g/mol. The molecule has 0 aliphatic rings. The standard InChI is InChI=1S/C25H19N3O6/c29-24(22-14-17-3-1-2-4-18(17)15-26-22)27-23(25(30)31)13-16-5-9-20(10-6-16)34-21-11-7-19(8-12-21)28(32)33/h1-12,14-15,23H,13H2,(H,27,29)(H,30,31). The molecule has 1 atom stereocenters. The number of benzene rings is 3. The third-order valence-corrected chi connectivity index (χ3v) is 5.11. The summed E-state index contributed by atoms with van der Waals surface area (Å²) in [6.07, 6.45) is 1.64. The molecule has 1 unspecified atom stereocenters. The van der Waals surface area contributed by atoms with Gasteiger partial charge in [0.25, 0.3) is 11.6 Å². The largest absolute Gasteiger partial charge is 0.480 e. The molecule has 0 saturated heterocycles. The first-order chi connectivity index (χ1) is 16.4. The first-order valence-corrected chi connectivity index (χ1v) is 10.3. The van der Waals surface area contributed by atoms with E-state index in [0.717, 1.165) is 10.8 Å². The van der Waals surface area contributed by atoms with Crippen molar-refractivity contribution in [1.29, 1.82) is 0 Å². The number of non-ortho nitro benzene ring substituents is 1. The minimum absolute atomic E-state index is 0.0386. The van der Waals surface area contributed by atoms with Crippen LogP contribution in [0, 0.1) is 10.1 Å². The fourth-order valence-corrected chi connectivity index (χ4v) is 3.34. The van der Waals surface area contributed by atoms with Crippen molar-refractivity contribution in [3.05, 3.63) is 106 Å². The second kappa shape index (κ2) is 9.78. The zero-order chi connectivity index (χ0) is 24.1. The van der Waals surface area contributed by atoms with E-state index in [1.807, 2.05) is 24.3 Å². The lowest BCUT2D eigenvalue weighted by molar-refractivity contribution is -0.384. The minimum atomic E-state index is -1.17. The van der Waals surface area contributed by atoms with Crippen LogP contribution in [-0.4, -0.2) is 32.9 Å². The lowest BCUT2D eigenvalue weighted by Gasteiger charge is -2.15. The van der Waals surface area contributed by atoms with Crippen LogP contribution < -0.4 is 10.1 Å². The Bertz CT molecular complexity index is 1350. The van der Waals surface area contributed by atoms with E-state index in [1.165, 1.54) is 24.3 Å². The van der Waals surface area contributed by atoms with Gasteiger partial charge in [-0.15, -0.1) is 0 Å². The number of nitro benzene ring substituents is 1. The lowest BCUT2D eigenvalue weighted by atomic mass is 10.1. The number of nitrogens with one attached hydrogen (secondary N) is 1. The van der Waals surface area contributed by atoms with E-state index in [2.05, 4.69) is 10.3 Å². The number of nitro groups is 1. The average Bonchev–Trinajstić information content (AvgIpc) is 2.84. The molecule has 0 spiro atoms. The molecule has 0 saturated carbocycles. The molecule has 0 aliphatic heterocycles. The van der Waals surface area contributed by atoms with E-state index >= 15 is 0 Å². The predicted octanol–water partition coefficient (Wildman–Crippen LogP) is 4.36. The number of nitrogens with zero attached hydrogens (tertiary/aromatic N) is 2. The third kappa shape index (κ3) is 5.33. The molecule has 2 N–H and O–H groups in total. The third-order valence-electron chi connectivity index (χ3n) is 5.11. The smallest absolute Gasteiger partial charge is 0.326 e. The molecule has 4 rings (SSSR count). The van der Waals surface area contributed by atoms with Gasteiger partial charge in [0.15, 0.2) is 0 Å². The Morgan fingerprint density at radius 2 is 1.59 bits per heavy atom. The van der Waals surface area contributed by atoms with Gasteiger partial charge >= 0.3 is 5.97 Å². The maximum atomic E-state index is 12.6. The zero-order valence-corrected chi connectivity index (χ0v) is 17.8. The summed E-state index contributed by atoms with van der Waals surface area (Å²) in [4.78, 5) is 38.8. The second-order valence-electron chi connectivity index (χ2n) is 7.48. The SMILES string of the molecule is O=C(NC(Cc1ccc(Oc2ccc([N+](=O)[O-])cc2)cc1)C(=O)O)c1cc2ccccc2cn1. The van der Waals surface area contributed by atoms with Crippen LogP contribution in [-0.2, 0) is 11.2 Å². The summed E-state index contributed by atoms with van der Waals surface area (Å²) in [6.45, 7) is 0. The highest BCUT2D eigenvalue weighted by Crippen LogP contribution is 2.24. The van der Waals surface area contributed by atoms with Crippen LogP contribution >= 0.6 is 0 Å². The van der Waals surface area contributed by atoms with Crippen LogP contribution in [0.2, 0.25) is 0 Å². The molecule has 34 heavy (non-hydrogen) atoms. The molecule has 9 heteroatoms. The number of ether oxygens (including phenoxy) is 1. The van der Waals surface area contributed by atoms with E-state index in [4.69, 9.17) is 4.74 Å². The molecule has 1 heterocycles. The van der Waals surface area contributed by atoms with Crippen molar-refractivity contribution in [2.75, 3.05) is 0 Å². The van der Waals surface area contributed by atoms with Gasteiger partial charge in [0.1, 0.15) is 23.2 Å². The topological polar surface area (TPSA) is 132 Å². The number of hydrogen-bond acceptors (Lipinski definition) is 6. The number of hydrogen-bond donors (Lipinski definition) is 2. The summed E-state index contributed by atoms with van der Waals surface area (Å²) >= 11 is 0. The number of carboxylic acid groups (broad SMARTS) is 1. The van der Waals surface area contributed by atoms with Gasteiger partial charge < -0.3 is 15.2 Å². The van der Waals surface area contributed by atoms with Gasteiger partial charge in [-0.25, -0.2) is 4.79 Å². The molecule has 0 fully saturated rings. The van der Waals surface area contributed by atoms with Crippen LogP contribution in [0.5, 0.6) is 11.5 Å². The van der Waals surface area contributed by atoms with Crippen LogP contribution in [0.1, 0.15) is 16.1 Å². The number of amides is 1. The highest BCUT2D eigenvalue weighted by atomic mass is 16.6. The summed E-state index contributed by atoms with van der Waals surface area (Å²) in [5.74, 6) is -0.831. The fraction of sp³-hybridized carbons (Fsp3) is 0.0800. The zero-order valence-electron chi connectivity index (χ0n) is 17.8. The van der Waals surface area contributed by atoms with E-state index in [9.17, 15) is 24.8 Å². The Balaban J connectivity index is 1.41. The summed E-state index contributed by atoms with van der Waals surface area (Å²) in [5.41, 5.74) is 0.773. The van der Waals surface area contributed by atoms with Crippen LogP contribution in [0.3, 0.4) is 0 Å². The van der Waals surface area contributed by atoms with Crippen molar-refractivity contribution in [3.63, 3.8) is 0 Å². The summed E-state index contributed by atoms with van der Waals surface area (Å²) in [5, 5.41) is 24.6. The fourth-order valence-electron chi connectivity index (χ4n) is 3.34. The van der Waals surface area contributed by atoms with Crippen molar-refractivity contribution in [2.24, 2.45) is 0 Å². The summed E-state index contributed by atoms with van der Waals surface area (Å²) in [7, 11) is 0. The van der Waals surface area contributed by atoms with Gasteiger partial charge in [-0.3, -0.25) is 19.9 Å². The molecule has 9 nitrogen and oxygen atoms in total. The number of fused-ring (bicyclic) bond motifs is 1. The van der Waals surface area contributed by atoms with E-state index < -0.39 is 22.8 Å². The van der Waals surface area contributed by atoms with Crippen molar-refractivity contribution >= 4 is 28.3 Å². The minimum Gasteiger partial charge on any atom is -0.480 e. The first-order valence-electron chi connectivity index (χ1n) is 10.3. The lowest BCUT2D eigenvalue weighted by Crippen LogP contribution is -2.42. The maximum absolute atomic E-state index is 12.6. The van der Waals surface area contributed by atoms with Crippen molar-refractivity contribution in [3.8, 4) is 11.5 Å². The average molecular weight is 457 g/mol. The Hall–Kier alpha value is -4.79. The van der Waals surface area contributed by atoms with Crippen molar-refractivity contribution < 1.29 is 24.4 Å². The summed E-state index contributed by atoms with van der Waals surface area (Å²) in [6, 6.07) is 20.3. The van der Waals surface area contributed by atoms with Gasteiger partial charge in [0.05, 0.1) is 4.92 Å². The van der Waals surface area contributed by atoms with Gasteiger partial charge in [-0.1, -0.05) is 36.4 Å².